The highest BCUT2D eigenvalue weighted by Crippen LogP contribution is 2.38. The molecule has 0 saturated heterocycles. The molecule has 0 bridgehead atoms. The highest BCUT2D eigenvalue weighted by Gasteiger charge is 2.25. The van der Waals surface area contributed by atoms with Crippen molar-refractivity contribution in [2.24, 2.45) is 0 Å². The maximum atomic E-state index is 4.61. The monoisotopic (exact) mass is 108 g/mol. The van der Waals surface area contributed by atoms with Gasteiger partial charge in [-0.15, -0.1) is 0 Å². The van der Waals surface area contributed by atoms with Gasteiger partial charge in [0.05, 0.1) is 11.8 Å². The minimum atomic E-state index is 0.675. The van der Waals surface area contributed by atoms with Gasteiger partial charge in [0.25, 0.3) is 0 Å². The van der Waals surface area contributed by atoms with Crippen LogP contribution in [0.4, 0.5) is 0 Å². The number of nitrogens with zero attached hydrogens (tertiary/aromatic N) is 1. The molecule has 1 radical (unpaired) electrons. The quantitative estimate of drug-likeness (QED) is 0.542. The van der Waals surface area contributed by atoms with E-state index in [1.807, 2.05) is 0 Å². The van der Waals surface area contributed by atoms with Crippen molar-refractivity contribution in [3.05, 3.63) is 18.0 Å². The summed E-state index contributed by atoms with van der Waals surface area (Å²) in [6.07, 6.45) is 4.04. The summed E-state index contributed by atoms with van der Waals surface area (Å²) in [6.45, 7) is 0. The van der Waals surface area contributed by atoms with E-state index in [9.17, 15) is 0 Å². The lowest BCUT2D eigenvalue weighted by Crippen LogP contribution is -1.73. The van der Waals surface area contributed by atoms with Crippen LogP contribution in [0.25, 0.3) is 0 Å². The standard InChI is InChI=1S/C6H6NO/c1-2-5(1)6-3-4-8-7-6/h4-5H,1-2H2. The molecule has 1 saturated carbocycles. The summed E-state index contributed by atoms with van der Waals surface area (Å²) in [5.74, 6) is 0.675. The summed E-state index contributed by atoms with van der Waals surface area (Å²) in [5.41, 5.74) is 1.00. The molecule has 1 aromatic rings. The van der Waals surface area contributed by atoms with Crippen LogP contribution in [-0.2, 0) is 0 Å². The minimum Gasteiger partial charge on any atom is -0.364 e. The maximum absolute atomic E-state index is 4.61. The van der Waals surface area contributed by atoms with Crippen LogP contribution >= 0.6 is 0 Å². The van der Waals surface area contributed by atoms with E-state index < -0.39 is 0 Å². The largest absolute Gasteiger partial charge is 0.364 e. The lowest BCUT2D eigenvalue weighted by Gasteiger charge is -1.77. The Hall–Kier alpha value is -0.790. The molecule has 2 rings (SSSR count). The van der Waals surface area contributed by atoms with E-state index in [0.717, 1.165) is 5.69 Å². The Morgan fingerprint density at radius 1 is 1.75 bits per heavy atom. The SMILES string of the molecule is [c]1conc1C1CC1. The lowest BCUT2D eigenvalue weighted by atomic mass is 10.3. The highest BCUT2D eigenvalue weighted by atomic mass is 16.5. The molecule has 1 aromatic heterocycles. The first-order valence-corrected chi connectivity index (χ1v) is 2.79. The Morgan fingerprint density at radius 2 is 2.62 bits per heavy atom. The van der Waals surface area contributed by atoms with Crippen LogP contribution in [0.5, 0.6) is 0 Å². The zero-order valence-corrected chi connectivity index (χ0v) is 4.42. The van der Waals surface area contributed by atoms with Gasteiger partial charge in [-0.2, -0.15) is 0 Å². The van der Waals surface area contributed by atoms with E-state index >= 15 is 0 Å². The zero-order valence-electron chi connectivity index (χ0n) is 4.42. The lowest BCUT2D eigenvalue weighted by molar-refractivity contribution is 0.412. The molecule has 0 aromatic carbocycles. The first-order chi connectivity index (χ1) is 3.97. The van der Waals surface area contributed by atoms with Crippen LogP contribution in [0.1, 0.15) is 24.5 Å². The molecule has 1 fully saturated rings. The van der Waals surface area contributed by atoms with E-state index in [1.54, 1.807) is 0 Å². The van der Waals surface area contributed by atoms with Crippen molar-refractivity contribution in [2.45, 2.75) is 18.8 Å². The van der Waals surface area contributed by atoms with Gasteiger partial charge in [0.2, 0.25) is 0 Å². The number of aromatic nitrogens is 1. The predicted molar refractivity (Wildman–Crippen MR) is 27.3 cm³/mol. The second-order valence-corrected chi connectivity index (χ2v) is 2.12. The smallest absolute Gasteiger partial charge is 0.132 e. The van der Waals surface area contributed by atoms with E-state index in [1.165, 1.54) is 19.1 Å². The molecule has 0 unspecified atom stereocenters. The average molecular weight is 108 g/mol. The first kappa shape index (κ1) is 4.13. The summed E-state index contributed by atoms with van der Waals surface area (Å²) in [5, 5.41) is 3.75. The summed E-state index contributed by atoms with van der Waals surface area (Å²) in [4.78, 5) is 0. The summed E-state index contributed by atoms with van der Waals surface area (Å²) in [6, 6.07) is 2.92. The third-order valence-electron chi connectivity index (χ3n) is 1.37. The predicted octanol–water partition coefficient (Wildman–Crippen LogP) is 1.35. The first-order valence-electron chi connectivity index (χ1n) is 2.79. The molecule has 41 valence electrons. The van der Waals surface area contributed by atoms with Crippen LogP contribution in [-0.4, -0.2) is 5.16 Å². The van der Waals surface area contributed by atoms with Crippen LogP contribution in [0.2, 0.25) is 0 Å². The van der Waals surface area contributed by atoms with Gasteiger partial charge in [0.15, 0.2) is 0 Å². The van der Waals surface area contributed by atoms with Crippen molar-refractivity contribution >= 4 is 0 Å². The fourth-order valence-electron chi connectivity index (χ4n) is 0.745. The molecule has 1 heterocycles. The Kier molecular flexibility index (Phi) is 0.692. The molecule has 0 aliphatic heterocycles. The third kappa shape index (κ3) is 0.529. The Labute approximate surface area is 47.5 Å². The zero-order chi connectivity index (χ0) is 5.40. The molecule has 0 atom stereocenters. The molecule has 0 amide bonds. The van der Waals surface area contributed by atoms with Gasteiger partial charge in [-0.3, -0.25) is 0 Å². The summed E-state index contributed by atoms with van der Waals surface area (Å²) >= 11 is 0. The number of hydrogen-bond acceptors (Lipinski definition) is 2. The van der Waals surface area contributed by atoms with Crippen molar-refractivity contribution in [2.75, 3.05) is 0 Å². The van der Waals surface area contributed by atoms with E-state index in [0.29, 0.717) is 5.92 Å². The second-order valence-electron chi connectivity index (χ2n) is 2.12. The van der Waals surface area contributed by atoms with Gasteiger partial charge < -0.3 is 4.52 Å². The van der Waals surface area contributed by atoms with Crippen molar-refractivity contribution in [3.8, 4) is 0 Å². The van der Waals surface area contributed by atoms with Gasteiger partial charge in [-0.1, -0.05) is 5.16 Å². The minimum absolute atomic E-state index is 0.675. The fourth-order valence-corrected chi connectivity index (χ4v) is 0.745. The number of rotatable bonds is 1. The Bertz CT molecular complexity index is 165. The van der Waals surface area contributed by atoms with Gasteiger partial charge in [-0.05, 0) is 12.8 Å². The number of hydrogen-bond donors (Lipinski definition) is 0. The van der Waals surface area contributed by atoms with E-state index in [2.05, 4.69) is 15.7 Å². The molecule has 2 heteroatoms. The Balaban J connectivity index is 2.28. The van der Waals surface area contributed by atoms with Crippen molar-refractivity contribution in [1.82, 2.24) is 5.16 Å². The van der Waals surface area contributed by atoms with Crippen LogP contribution in [0.15, 0.2) is 10.8 Å². The average Bonchev–Trinajstić information content (AvgIpc) is 2.49. The third-order valence-corrected chi connectivity index (χ3v) is 1.37. The molecule has 0 spiro atoms. The van der Waals surface area contributed by atoms with Crippen LogP contribution < -0.4 is 0 Å². The maximum Gasteiger partial charge on any atom is 0.132 e. The summed E-state index contributed by atoms with van der Waals surface area (Å²) in [7, 11) is 0. The molecule has 1 aliphatic carbocycles. The van der Waals surface area contributed by atoms with E-state index in [4.69, 9.17) is 0 Å². The van der Waals surface area contributed by atoms with Crippen LogP contribution in [0, 0.1) is 6.07 Å². The molecule has 8 heavy (non-hydrogen) atoms. The van der Waals surface area contributed by atoms with Crippen LogP contribution in [0.3, 0.4) is 0 Å². The normalized spacial score (nSPS) is 19.0. The van der Waals surface area contributed by atoms with Crippen molar-refractivity contribution in [1.29, 1.82) is 0 Å². The Morgan fingerprint density at radius 3 is 3.12 bits per heavy atom. The van der Waals surface area contributed by atoms with Gasteiger partial charge in [0, 0.05) is 5.92 Å². The molecular formula is C6H6NO. The fraction of sp³-hybridized carbons (Fsp3) is 0.500. The molecule has 1 aliphatic rings. The molecular weight excluding hydrogens is 102 g/mol. The van der Waals surface area contributed by atoms with Gasteiger partial charge in [0.1, 0.15) is 6.26 Å². The van der Waals surface area contributed by atoms with Gasteiger partial charge in [-0.25, -0.2) is 0 Å². The summed E-state index contributed by atoms with van der Waals surface area (Å²) < 4.78 is 4.61. The second kappa shape index (κ2) is 1.34. The van der Waals surface area contributed by atoms with Crippen molar-refractivity contribution in [3.63, 3.8) is 0 Å². The molecule has 0 N–H and O–H groups in total. The van der Waals surface area contributed by atoms with Crippen molar-refractivity contribution < 1.29 is 4.52 Å². The topological polar surface area (TPSA) is 26.0 Å². The van der Waals surface area contributed by atoms with E-state index in [-0.39, 0.29) is 0 Å². The highest BCUT2D eigenvalue weighted by molar-refractivity contribution is 5.08. The molecule has 2 nitrogen and oxygen atoms in total. The van der Waals surface area contributed by atoms with Gasteiger partial charge >= 0.3 is 0 Å².